The third-order valence-corrected chi connectivity index (χ3v) is 4.58. The molecule has 0 saturated carbocycles. The number of rotatable bonds is 5. The number of halogens is 1. The lowest BCUT2D eigenvalue weighted by atomic mass is 10.2. The number of hydrogen-bond acceptors (Lipinski definition) is 3. The van der Waals surface area contributed by atoms with E-state index in [0.29, 0.717) is 6.54 Å². The van der Waals surface area contributed by atoms with Crippen molar-refractivity contribution in [2.45, 2.75) is 20.0 Å². The standard InChI is InChI=1S/C21H28N4O.HI/c1-2-22-21(23-16-19-9-6-10-20(26)15-19)25-13-11-24(12-14-25)17-18-7-4-3-5-8-18;/h3-10,15,26H,2,11-14,16-17H2,1H3,(H,22,23);1H. The summed E-state index contributed by atoms with van der Waals surface area (Å²) in [5, 5.41) is 13.0. The molecule has 2 aromatic carbocycles. The summed E-state index contributed by atoms with van der Waals surface area (Å²) in [5.74, 6) is 1.24. The molecule has 0 radical (unpaired) electrons. The van der Waals surface area contributed by atoms with E-state index in [4.69, 9.17) is 4.99 Å². The molecular formula is C21H29IN4O. The Morgan fingerprint density at radius 3 is 2.37 bits per heavy atom. The van der Waals surface area contributed by atoms with Gasteiger partial charge in [-0.05, 0) is 30.2 Å². The summed E-state index contributed by atoms with van der Waals surface area (Å²) in [6.07, 6.45) is 0. The van der Waals surface area contributed by atoms with Crippen molar-refractivity contribution in [2.75, 3.05) is 32.7 Å². The van der Waals surface area contributed by atoms with Gasteiger partial charge in [0.15, 0.2) is 5.96 Å². The monoisotopic (exact) mass is 480 g/mol. The number of phenolic OH excluding ortho intramolecular Hbond substituents is 1. The van der Waals surface area contributed by atoms with E-state index < -0.39 is 0 Å². The van der Waals surface area contributed by atoms with Gasteiger partial charge in [0.2, 0.25) is 0 Å². The molecule has 1 heterocycles. The lowest BCUT2D eigenvalue weighted by Crippen LogP contribution is -2.52. The van der Waals surface area contributed by atoms with Gasteiger partial charge < -0.3 is 15.3 Å². The van der Waals surface area contributed by atoms with Gasteiger partial charge in [-0.3, -0.25) is 4.90 Å². The molecule has 1 aliphatic heterocycles. The molecular weight excluding hydrogens is 451 g/mol. The molecule has 1 fully saturated rings. The highest BCUT2D eigenvalue weighted by atomic mass is 127. The van der Waals surface area contributed by atoms with Crippen LogP contribution >= 0.6 is 24.0 Å². The largest absolute Gasteiger partial charge is 0.508 e. The van der Waals surface area contributed by atoms with E-state index in [-0.39, 0.29) is 29.7 Å². The van der Waals surface area contributed by atoms with Crippen molar-refractivity contribution in [3.8, 4) is 5.75 Å². The summed E-state index contributed by atoms with van der Waals surface area (Å²) >= 11 is 0. The van der Waals surface area contributed by atoms with Crippen LogP contribution in [0.5, 0.6) is 5.75 Å². The average molecular weight is 480 g/mol. The molecule has 1 saturated heterocycles. The fraction of sp³-hybridized carbons (Fsp3) is 0.381. The van der Waals surface area contributed by atoms with Crippen molar-refractivity contribution in [3.05, 3.63) is 65.7 Å². The number of piperazine rings is 1. The van der Waals surface area contributed by atoms with Gasteiger partial charge in [-0.25, -0.2) is 4.99 Å². The zero-order valence-electron chi connectivity index (χ0n) is 15.8. The molecule has 1 aliphatic rings. The van der Waals surface area contributed by atoms with Crippen molar-refractivity contribution < 1.29 is 5.11 Å². The molecule has 0 aromatic heterocycles. The van der Waals surface area contributed by atoms with Gasteiger partial charge >= 0.3 is 0 Å². The Morgan fingerprint density at radius 1 is 1.00 bits per heavy atom. The molecule has 146 valence electrons. The second kappa shape index (κ2) is 11.1. The first kappa shape index (κ1) is 21.5. The number of aromatic hydroxyl groups is 1. The molecule has 5 nitrogen and oxygen atoms in total. The first-order chi connectivity index (χ1) is 12.7. The SMILES string of the molecule is CCNC(=NCc1cccc(O)c1)N1CCN(Cc2ccccc2)CC1.I. The van der Waals surface area contributed by atoms with E-state index in [9.17, 15) is 5.11 Å². The van der Waals surface area contributed by atoms with Crippen LogP contribution in [-0.2, 0) is 13.1 Å². The minimum absolute atomic E-state index is 0. The van der Waals surface area contributed by atoms with Crippen LogP contribution in [0.1, 0.15) is 18.1 Å². The summed E-state index contributed by atoms with van der Waals surface area (Å²) < 4.78 is 0. The van der Waals surface area contributed by atoms with Crippen LogP contribution in [0.25, 0.3) is 0 Å². The van der Waals surface area contributed by atoms with Gasteiger partial charge in [0.1, 0.15) is 5.75 Å². The van der Waals surface area contributed by atoms with Crippen molar-refractivity contribution in [1.29, 1.82) is 0 Å². The summed E-state index contributed by atoms with van der Waals surface area (Å²) in [5.41, 5.74) is 2.38. The molecule has 0 amide bonds. The molecule has 27 heavy (non-hydrogen) atoms. The average Bonchev–Trinajstić information content (AvgIpc) is 2.67. The van der Waals surface area contributed by atoms with Crippen molar-refractivity contribution in [2.24, 2.45) is 4.99 Å². The number of nitrogens with zero attached hydrogens (tertiary/aromatic N) is 3. The van der Waals surface area contributed by atoms with E-state index in [1.54, 1.807) is 12.1 Å². The van der Waals surface area contributed by atoms with Gasteiger partial charge in [0, 0.05) is 39.3 Å². The maximum atomic E-state index is 9.60. The molecule has 0 bridgehead atoms. The first-order valence-corrected chi connectivity index (χ1v) is 9.32. The summed E-state index contributed by atoms with van der Waals surface area (Å²) in [7, 11) is 0. The Hall–Kier alpha value is -1.80. The van der Waals surface area contributed by atoms with Crippen LogP contribution in [0.15, 0.2) is 59.6 Å². The van der Waals surface area contributed by atoms with Crippen LogP contribution in [0.4, 0.5) is 0 Å². The summed E-state index contributed by atoms with van der Waals surface area (Å²) in [6.45, 7) is 8.53. The molecule has 2 aromatic rings. The van der Waals surface area contributed by atoms with Crippen molar-refractivity contribution >= 4 is 29.9 Å². The normalized spacial score (nSPS) is 15.3. The number of benzene rings is 2. The summed E-state index contributed by atoms with van der Waals surface area (Å²) in [6, 6.07) is 17.9. The van der Waals surface area contributed by atoms with E-state index in [0.717, 1.165) is 50.8 Å². The van der Waals surface area contributed by atoms with Crippen molar-refractivity contribution in [3.63, 3.8) is 0 Å². The zero-order chi connectivity index (χ0) is 18.2. The third-order valence-electron chi connectivity index (χ3n) is 4.58. The van der Waals surface area contributed by atoms with Crippen LogP contribution in [-0.4, -0.2) is 53.6 Å². The predicted octanol–water partition coefficient (Wildman–Crippen LogP) is 3.29. The lowest BCUT2D eigenvalue weighted by molar-refractivity contribution is 0.172. The van der Waals surface area contributed by atoms with Gasteiger partial charge in [0.05, 0.1) is 6.54 Å². The van der Waals surface area contributed by atoms with E-state index in [2.05, 4.69) is 52.4 Å². The van der Waals surface area contributed by atoms with Crippen LogP contribution in [0, 0.1) is 0 Å². The molecule has 2 N–H and O–H groups in total. The minimum atomic E-state index is 0. The molecule has 0 spiro atoms. The van der Waals surface area contributed by atoms with Crippen LogP contribution in [0.2, 0.25) is 0 Å². The Labute approximate surface area is 179 Å². The second-order valence-electron chi connectivity index (χ2n) is 6.59. The minimum Gasteiger partial charge on any atom is -0.508 e. The zero-order valence-corrected chi connectivity index (χ0v) is 18.2. The second-order valence-corrected chi connectivity index (χ2v) is 6.59. The van der Waals surface area contributed by atoms with Crippen LogP contribution < -0.4 is 5.32 Å². The fourth-order valence-corrected chi connectivity index (χ4v) is 3.21. The number of nitrogens with one attached hydrogen (secondary N) is 1. The van der Waals surface area contributed by atoms with Gasteiger partial charge in [0.25, 0.3) is 0 Å². The highest BCUT2D eigenvalue weighted by molar-refractivity contribution is 14.0. The number of guanidine groups is 1. The van der Waals surface area contributed by atoms with E-state index in [1.165, 1.54) is 5.56 Å². The van der Waals surface area contributed by atoms with E-state index >= 15 is 0 Å². The van der Waals surface area contributed by atoms with Gasteiger partial charge in [-0.15, -0.1) is 24.0 Å². The fourth-order valence-electron chi connectivity index (χ4n) is 3.21. The third kappa shape index (κ3) is 6.70. The number of hydrogen-bond donors (Lipinski definition) is 2. The Morgan fingerprint density at radius 2 is 1.70 bits per heavy atom. The lowest BCUT2D eigenvalue weighted by Gasteiger charge is -2.36. The predicted molar refractivity (Wildman–Crippen MR) is 122 cm³/mol. The smallest absolute Gasteiger partial charge is 0.194 e. The molecule has 0 atom stereocenters. The quantitative estimate of drug-likeness (QED) is 0.392. The first-order valence-electron chi connectivity index (χ1n) is 9.32. The number of aliphatic imine (C=N–C) groups is 1. The Balaban J connectivity index is 0.00000261. The van der Waals surface area contributed by atoms with Gasteiger partial charge in [-0.1, -0.05) is 42.5 Å². The Bertz CT molecular complexity index is 715. The van der Waals surface area contributed by atoms with Crippen LogP contribution in [0.3, 0.4) is 0 Å². The maximum absolute atomic E-state index is 9.60. The molecule has 0 aliphatic carbocycles. The molecule has 0 unspecified atom stereocenters. The number of phenols is 1. The summed E-state index contributed by atoms with van der Waals surface area (Å²) in [4.78, 5) is 9.58. The Kier molecular flexibility index (Phi) is 8.87. The van der Waals surface area contributed by atoms with Crippen molar-refractivity contribution in [1.82, 2.24) is 15.1 Å². The molecule has 3 rings (SSSR count). The highest BCUT2D eigenvalue weighted by Gasteiger charge is 2.19. The van der Waals surface area contributed by atoms with E-state index in [1.807, 2.05) is 12.1 Å². The molecule has 6 heteroatoms. The maximum Gasteiger partial charge on any atom is 0.194 e. The van der Waals surface area contributed by atoms with Gasteiger partial charge in [-0.2, -0.15) is 0 Å². The highest BCUT2D eigenvalue weighted by Crippen LogP contribution is 2.13. The topological polar surface area (TPSA) is 51.1 Å².